The smallest absolute Gasteiger partial charge is 0.269 e. The van der Waals surface area contributed by atoms with E-state index in [1.807, 2.05) is 0 Å². The number of hydrogen-bond acceptors (Lipinski definition) is 5. The number of nitrogens with one attached hydrogen (secondary N) is 1. The van der Waals surface area contributed by atoms with Crippen molar-refractivity contribution < 1.29 is 14.5 Å². The fourth-order valence-electron chi connectivity index (χ4n) is 1.07. The molecular formula is C10H14N2O4. The number of hydrogen-bond donors (Lipinski definition) is 1. The molecule has 6 nitrogen and oxygen atoms in total. The minimum atomic E-state index is -0.424. The summed E-state index contributed by atoms with van der Waals surface area (Å²) >= 11 is 0. The molecule has 0 amide bonds. The Kier molecular flexibility index (Phi) is 5.41. The lowest BCUT2D eigenvalue weighted by Crippen LogP contribution is -2.17. The summed E-state index contributed by atoms with van der Waals surface area (Å²) < 4.78 is 4.80. The van der Waals surface area contributed by atoms with Crippen molar-refractivity contribution >= 4 is 5.69 Å². The Hall–Kier alpha value is -1.50. The number of ether oxygens (including phenoxy) is 1. The molecule has 6 heteroatoms. The van der Waals surface area contributed by atoms with Crippen LogP contribution in [-0.2, 0) is 16.1 Å². The van der Waals surface area contributed by atoms with Crippen molar-refractivity contribution in [2.24, 2.45) is 0 Å². The zero-order valence-electron chi connectivity index (χ0n) is 9.01. The summed E-state index contributed by atoms with van der Waals surface area (Å²) in [5.74, 6) is 0. The number of nitro benzene ring substituents is 1. The molecule has 1 aromatic rings. The van der Waals surface area contributed by atoms with Gasteiger partial charge in [0.1, 0.15) is 0 Å². The highest BCUT2D eigenvalue weighted by Gasteiger charge is 2.03. The molecule has 88 valence electrons. The molecule has 0 aliphatic carbocycles. The molecule has 0 fully saturated rings. The fourth-order valence-corrected chi connectivity index (χ4v) is 1.07. The first-order valence-electron chi connectivity index (χ1n) is 4.81. The number of nitrogens with zero attached hydrogens (tertiary/aromatic N) is 1. The van der Waals surface area contributed by atoms with E-state index < -0.39 is 4.92 Å². The van der Waals surface area contributed by atoms with Crippen LogP contribution in [0.4, 0.5) is 5.69 Å². The average Bonchev–Trinajstić information content (AvgIpc) is 2.29. The van der Waals surface area contributed by atoms with Gasteiger partial charge in [-0.15, -0.1) is 0 Å². The Morgan fingerprint density at radius 1 is 1.31 bits per heavy atom. The first kappa shape index (κ1) is 12.6. The molecule has 0 atom stereocenters. The van der Waals surface area contributed by atoms with Crippen LogP contribution in [0.2, 0.25) is 0 Å². The Bertz CT molecular complexity index is 326. The van der Waals surface area contributed by atoms with E-state index in [4.69, 9.17) is 9.57 Å². The van der Waals surface area contributed by atoms with Crippen LogP contribution >= 0.6 is 0 Å². The second-order valence-electron chi connectivity index (χ2n) is 3.09. The standard InChI is InChI=1S/C10H14N2O4/c1-15-6-7-16-11-8-9-2-4-10(5-3-9)12(13)14/h2-5,11H,6-8H2,1H3. The Morgan fingerprint density at radius 3 is 2.56 bits per heavy atom. The Balaban J connectivity index is 2.29. The molecule has 0 spiro atoms. The summed E-state index contributed by atoms with van der Waals surface area (Å²) in [6.45, 7) is 1.48. The van der Waals surface area contributed by atoms with Crippen LogP contribution in [0.1, 0.15) is 5.56 Å². The molecule has 0 aliphatic heterocycles. The molecule has 0 aliphatic rings. The van der Waals surface area contributed by atoms with Gasteiger partial charge in [0.25, 0.3) is 5.69 Å². The molecule has 0 saturated heterocycles. The topological polar surface area (TPSA) is 73.6 Å². The largest absolute Gasteiger partial charge is 0.382 e. The molecule has 0 unspecified atom stereocenters. The van der Waals surface area contributed by atoms with Gasteiger partial charge >= 0.3 is 0 Å². The van der Waals surface area contributed by atoms with E-state index in [0.717, 1.165) is 5.56 Å². The van der Waals surface area contributed by atoms with Gasteiger partial charge in [-0.3, -0.25) is 15.0 Å². The molecule has 0 aromatic heterocycles. The maximum absolute atomic E-state index is 10.4. The van der Waals surface area contributed by atoms with Gasteiger partial charge in [0.2, 0.25) is 0 Å². The highest BCUT2D eigenvalue weighted by molar-refractivity contribution is 5.32. The second-order valence-corrected chi connectivity index (χ2v) is 3.09. The molecule has 1 aromatic carbocycles. The van der Waals surface area contributed by atoms with Gasteiger partial charge in [-0.25, -0.2) is 0 Å². The fraction of sp³-hybridized carbons (Fsp3) is 0.400. The van der Waals surface area contributed by atoms with Crippen molar-refractivity contribution in [3.63, 3.8) is 0 Å². The predicted octanol–water partition coefficient (Wildman–Crippen LogP) is 1.26. The van der Waals surface area contributed by atoms with Gasteiger partial charge < -0.3 is 4.74 Å². The average molecular weight is 226 g/mol. The van der Waals surface area contributed by atoms with Gasteiger partial charge in [0, 0.05) is 25.8 Å². The van der Waals surface area contributed by atoms with E-state index in [0.29, 0.717) is 19.8 Å². The minimum absolute atomic E-state index is 0.0871. The van der Waals surface area contributed by atoms with Crippen molar-refractivity contribution in [1.82, 2.24) is 5.48 Å². The van der Waals surface area contributed by atoms with E-state index in [1.54, 1.807) is 19.2 Å². The molecule has 0 saturated carbocycles. The first-order valence-corrected chi connectivity index (χ1v) is 4.81. The molecule has 0 radical (unpaired) electrons. The van der Waals surface area contributed by atoms with Gasteiger partial charge in [-0.05, 0) is 5.56 Å². The van der Waals surface area contributed by atoms with Crippen molar-refractivity contribution in [1.29, 1.82) is 0 Å². The minimum Gasteiger partial charge on any atom is -0.382 e. The number of non-ortho nitro benzene ring substituents is 1. The summed E-state index contributed by atoms with van der Waals surface area (Å²) in [7, 11) is 1.60. The second kappa shape index (κ2) is 6.89. The van der Waals surface area contributed by atoms with Gasteiger partial charge in [0.15, 0.2) is 0 Å². The maximum Gasteiger partial charge on any atom is 0.269 e. The summed E-state index contributed by atoms with van der Waals surface area (Å²) in [6.07, 6.45) is 0. The lowest BCUT2D eigenvalue weighted by atomic mass is 10.2. The lowest BCUT2D eigenvalue weighted by Gasteiger charge is -2.04. The quantitative estimate of drug-likeness (QED) is 0.430. The number of rotatable bonds is 7. The van der Waals surface area contributed by atoms with Crippen LogP contribution in [0.15, 0.2) is 24.3 Å². The number of methoxy groups -OCH3 is 1. The van der Waals surface area contributed by atoms with Gasteiger partial charge in [-0.1, -0.05) is 12.1 Å². The van der Waals surface area contributed by atoms with E-state index in [-0.39, 0.29) is 5.69 Å². The van der Waals surface area contributed by atoms with E-state index >= 15 is 0 Å². The molecule has 16 heavy (non-hydrogen) atoms. The highest BCUT2D eigenvalue weighted by atomic mass is 16.7. The number of benzene rings is 1. The Labute approximate surface area is 93.3 Å². The zero-order chi connectivity index (χ0) is 11.8. The highest BCUT2D eigenvalue weighted by Crippen LogP contribution is 2.11. The van der Waals surface area contributed by atoms with Crippen LogP contribution in [0.5, 0.6) is 0 Å². The predicted molar refractivity (Wildman–Crippen MR) is 57.8 cm³/mol. The van der Waals surface area contributed by atoms with Crippen molar-refractivity contribution in [3.8, 4) is 0 Å². The molecule has 0 bridgehead atoms. The molecule has 1 N–H and O–H groups in total. The monoisotopic (exact) mass is 226 g/mol. The van der Waals surface area contributed by atoms with E-state index in [2.05, 4.69) is 5.48 Å². The van der Waals surface area contributed by atoms with Gasteiger partial charge in [0.05, 0.1) is 18.1 Å². The van der Waals surface area contributed by atoms with Gasteiger partial charge in [-0.2, -0.15) is 5.48 Å². The van der Waals surface area contributed by atoms with E-state index in [9.17, 15) is 10.1 Å². The third-order valence-electron chi connectivity index (χ3n) is 1.92. The molecule has 1 rings (SSSR count). The molecule has 0 heterocycles. The Morgan fingerprint density at radius 2 is 2.00 bits per heavy atom. The first-order chi connectivity index (χ1) is 7.74. The summed E-state index contributed by atoms with van der Waals surface area (Å²) in [5.41, 5.74) is 3.74. The van der Waals surface area contributed by atoms with Crippen LogP contribution < -0.4 is 5.48 Å². The van der Waals surface area contributed by atoms with Crippen molar-refractivity contribution in [2.75, 3.05) is 20.3 Å². The van der Waals surface area contributed by atoms with Crippen molar-refractivity contribution in [3.05, 3.63) is 39.9 Å². The SMILES string of the molecule is COCCONCc1ccc([N+](=O)[O-])cc1. The lowest BCUT2D eigenvalue weighted by molar-refractivity contribution is -0.384. The normalized spacial score (nSPS) is 10.3. The zero-order valence-corrected chi connectivity index (χ0v) is 9.01. The third-order valence-corrected chi connectivity index (χ3v) is 1.92. The van der Waals surface area contributed by atoms with Crippen molar-refractivity contribution in [2.45, 2.75) is 6.54 Å². The molecular weight excluding hydrogens is 212 g/mol. The summed E-state index contributed by atoms with van der Waals surface area (Å²) in [6, 6.07) is 6.30. The summed E-state index contributed by atoms with van der Waals surface area (Å²) in [5, 5.41) is 10.4. The van der Waals surface area contributed by atoms with Crippen LogP contribution in [0.25, 0.3) is 0 Å². The van der Waals surface area contributed by atoms with E-state index in [1.165, 1.54) is 12.1 Å². The van der Waals surface area contributed by atoms with Crippen LogP contribution in [-0.4, -0.2) is 25.2 Å². The third kappa shape index (κ3) is 4.35. The van der Waals surface area contributed by atoms with Crippen LogP contribution in [0, 0.1) is 10.1 Å². The van der Waals surface area contributed by atoms with Crippen LogP contribution in [0.3, 0.4) is 0 Å². The number of hydroxylamine groups is 1. The number of nitro groups is 1. The maximum atomic E-state index is 10.4. The summed E-state index contributed by atoms with van der Waals surface area (Å²) in [4.78, 5) is 15.0.